The van der Waals surface area contributed by atoms with Crippen LogP contribution in [0.15, 0.2) is 11.6 Å². The summed E-state index contributed by atoms with van der Waals surface area (Å²) in [6.07, 6.45) is 5.92. The number of nitrogens with zero attached hydrogens (tertiary/aromatic N) is 2. The van der Waals surface area contributed by atoms with E-state index in [0.29, 0.717) is 11.3 Å². The van der Waals surface area contributed by atoms with Crippen molar-refractivity contribution < 1.29 is 0 Å². The van der Waals surface area contributed by atoms with Crippen LogP contribution in [0.4, 0.5) is 0 Å². The first-order chi connectivity index (χ1) is 8.75. The Hall–Kier alpha value is -0.160. The molecule has 3 rings (SSSR count). The molecule has 1 N–H and O–H groups in total. The molecule has 2 aliphatic heterocycles. The van der Waals surface area contributed by atoms with Crippen molar-refractivity contribution in [1.82, 2.24) is 15.2 Å². The lowest BCUT2D eigenvalue weighted by Gasteiger charge is -2.37. The molecule has 108 valence electrons. The highest BCUT2D eigenvalue weighted by atomic mass is 35.5. The maximum atomic E-state index is 4.50. The first-order valence-electron chi connectivity index (χ1n) is 7.08. The summed E-state index contributed by atoms with van der Waals surface area (Å²) >= 11 is 1.82. The largest absolute Gasteiger partial charge is 0.316 e. The summed E-state index contributed by atoms with van der Waals surface area (Å²) in [5.41, 5.74) is 0.491. The van der Waals surface area contributed by atoms with Crippen LogP contribution in [-0.2, 0) is 0 Å². The standard InChI is InChI=1S/C14H23N3S.ClH/c1-14(4-5-15-10-14)11-17-7-2-3-12(9-17)13-16-6-8-18-13;/h6,8,12,15H,2-5,7,9-11H2,1H3;1H. The number of hydrogen-bond acceptors (Lipinski definition) is 4. The quantitative estimate of drug-likeness (QED) is 0.930. The summed E-state index contributed by atoms with van der Waals surface area (Å²) < 4.78 is 0. The highest BCUT2D eigenvalue weighted by molar-refractivity contribution is 7.09. The van der Waals surface area contributed by atoms with Gasteiger partial charge in [0, 0.05) is 37.1 Å². The van der Waals surface area contributed by atoms with Crippen LogP contribution in [0.3, 0.4) is 0 Å². The van der Waals surface area contributed by atoms with E-state index in [1.807, 2.05) is 17.5 Å². The van der Waals surface area contributed by atoms with Gasteiger partial charge in [0.25, 0.3) is 0 Å². The van der Waals surface area contributed by atoms with Gasteiger partial charge in [0.05, 0.1) is 5.01 Å². The number of aromatic nitrogens is 1. The Labute approximate surface area is 126 Å². The van der Waals surface area contributed by atoms with E-state index in [2.05, 4.69) is 27.5 Å². The molecule has 1 aromatic heterocycles. The van der Waals surface area contributed by atoms with E-state index in [1.165, 1.54) is 57.0 Å². The molecule has 5 heteroatoms. The van der Waals surface area contributed by atoms with Gasteiger partial charge in [0.15, 0.2) is 0 Å². The molecule has 0 radical (unpaired) electrons. The minimum atomic E-state index is 0. The molecule has 0 amide bonds. The molecule has 0 aromatic carbocycles. The molecule has 3 nitrogen and oxygen atoms in total. The zero-order chi connectivity index (χ0) is 12.4. The average molecular weight is 302 g/mol. The van der Waals surface area contributed by atoms with E-state index in [4.69, 9.17) is 0 Å². The van der Waals surface area contributed by atoms with E-state index in [-0.39, 0.29) is 12.4 Å². The van der Waals surface area contributed by atoms with Gasteiger partial charge in [0.2, 0.25) is 0 Å². The summed E-state index contributed by atoms with van der Waals surface area (Å²) in [7, 11) is 0. The fourth-order valence-corrected chi connectivity index (χ4v) is 4.15. The highest BCUT2D eigenvalue weighted by Crippen LogP contribution is 2.32. The molecular formula is C14H24ClN3S. The second kappa shape index (κ2) is 6.53. The topological polar surface area (TPSA) is 28.2 Å². The SMILES string of the molecule is CC1(CN2CCCC(c3nccs3)C2)CCNC1.Cl. The predicted octanol–water partition coefficient (Wildman–Crippen LogP) is 2.74. The molecule has 2 unspecified atom stereocenters. The second-order valence-corrected chi connectivity index (χ2v) is 7.11. The molecule has 0 bridgehead atoms. The molecule has 0 aliphatic carbocycles. The van der Waals surface area contributed by atoms with Gasteiger partial charge in [-0.2, -0.15) is 0 Å². The maximum absolute atomic E-state index is 4.50. The molecule has 2 fully saturated rings. The predicted molar refractivity (Wildman–Crippen MR) is 83.4 cm³/mol. The van der Waals surface area contributed by atoms with Gasteiger partial charge in [-0.3, -0.25) is 0 Å². The van der Waals surface area contributed by atoms with Gasteiger partial charge in [-0.05, 0) is 37.8 Å². The molecule has 1 aromatic rings. The van der Waals surface area contributed by atoms with Gasteiger partial charge in [-0.1, -0.05) is 6.92 Å². The fourth-order valence-electron chi connectivity index (χ4n) is 3.38. The van der Waals surface area contributed by atoms with Gasteiger partial charge in [-0.25, -0.2) is 4.98 Å². The molecule has 2 atom stereocenters. The lowest BCUT2D eigenvalue weighted by molar-refractivity contribution is 0.141. The van der Waals surface area contributed by atoms with Crippen molar-refractivity contribution in [1.29, 1.82) is 0 Å². The van der Waals surface area contributed by atoms with Crippen molar-refractivity contribution in [3.8, 4) is 0 Å². The molecular weight excluding hydrogens is 278 g/mol. The van der Waals surface area contributed by atoms with Crippen LogP contribution in [0.2, 0.25) is 0 Å². The highest BCUT2D eigenvalue weighted by Gasteiger charge is 2.33. The summed E-state index contributed by atoms with van der Waals surface area (Å²) in [5, 5.41) is 6.95. The minimum absolute atomic E-state index is 0. The third kappa shape index (κ3) is 3.69. The van der Waals surface area contributed by atoms with E-state index in [1.54, 1.807) is 0 Å². The van der Waals surface area contributed by atoms with Gasteiger partial charge in [-0.15, -0.1) is 23.7 Å². The molecule has 2 aliphatic rings. The number of nitrogens with one attached hydrogen (secondary N) is 1. The van der Waals surface area contributed by atoms with E-state index < -0.39 is 0 Å². The van der Waals surface area contributed by atoms with E-state index in [0.717, 1.165) is 0 Å². The lowest BCUT2D eigenvalue weighted by Crippen LogP contribution is -2.42. The van der Waals surface area contributed by atoms with Gasteiger partial charge < -0.3 is 10.2 Å². The van der Waals surface area contributed by atoms with Crippen LogP contribution < -0.4 is 5.32 Å². The second-order valence-electron chi connectivity index (χ2n) is 6.18. The molecule has 3 heterocycles. The number of halogens is 1. The van der Waals surface area contributed by atoms with E-state index >= 15 is 0 Å². The Morgan fingerprint density at radius 1 is 1.58 bits per heavy atom. The minimum Gasteiger partial charge on any atom is -0.316 e. The Kier molecular flexibility index (Phi) is 5.23. The average Bonchev–Trinajstić information content (AvgIpc) is 3.01. The van der Waals surface area contributed by atoms with Crippen LogP contribution in [0.25, 0.3) is 0 Å². The third-order valence-electron chi connectivity index (χ3n) is 4.37. The molecule has 0 spiro atoms. The third-order valence-corrected chi connectivity index (χ3v) is 5.31. The zero-order valence-corrected chi connectivity index (χ0v) is 13.2. The summed E-state index contributed by atoms with van der Waals surface area (Å²) in [5.74, 6) is 0.678. The van der Waals surface area contributed by atoms with Crippen molar-refractivity contribution in [3.63, 3.8) is 0 Å². The number of thiazole rings is 1. The first-order valence-corrected chi connectivity index (χ1v) is 7.96. The van der Waals surface area contributed by atoms with Gasteiger partial charge in [0.1, 0.15) is 0 Å². The molecule has 2 saturated heterocycles. The Balaban J connectivity index is 0.00000133. The summed E-state index contributed by atoms with van der Waals surface area (Å²) in [6, 6.07) is 0. The Morgan fingerprint density at radius 3 is 3.16 bits per heavy atom. The fraction of sp³-hybridized carbons (Fsp3) is 0.786. The van der Waals surface area contributed by atoms with Crippen molar-refractivity contribution in [2.24, 2.45) is 5.41 Å². The first kappa shape index (κ1) is 15.2. The van der Waals surface area contributed by atoms with Crippen molar-refractivity contribution >= 4 is 23.7 Å². The number of hydrogen-bond donors (Lipinski definition) is 1. The van der Waals surface area contributed by atoms with Crippen LogP contribution >= 0.6 is 23.7 Å². The van der Waals surface area contributed by atoms with Crippen LogP contribution in [-0.4, -0.2) is 42.6 Å². The summed E-state index contributed by atoms with van der Waals surface area (Å²) in [6.45, 7) is 8.55. The van der Waals surface area contributed by atoms with Crippen LogP contribution in [0, 0.1) is 5.41 Å². The monoisotopic (exact) mass is 301 g/mol. The maximum Gasteiger partial charge on any atom is 0.0968 e. The Bertz CT molecular complexity index is 376. The summed E-state index contributed by atoms with van der Waals surface area (Å²) in [4.78, 5) is 7.17. The lowest BCUT2D eigenvalue weighted by atomic mass is 9.87. The zero-order valence-electron chi connectivity index (χ0n) is 11.6. The van der Waals surface area contributed by atoms with Crippen LogP contribution in [0.5, 0.6) is 0 Å². The van der Waals surface area contributed by atoms with Crippen molar-refractivity contribution in [2.45, 2.75) is 32.1 Å². The number of rotatable bonds is 3. The van der Waals surface area contributed by atoms with Crippen molar-refractivity contribution in [3.05, 3.63) is 16.6 Å². The Morgan fingerprint density at radius 2 is 2.47 bits per heavy atom. The number of piperidine rings is 1. The molecule has 19 heavy (non-hydrogen) atoms. The van der Waals surface area contributed by atoms with Gasteiger partial charge >= 0.3 is 0 Å². The smallest absolute Gasteiger partial charge is 0.0968 e. The van der Waals surface area contributed by atoms with Crippen LogP contribution in [0.1, 0.15) is 37.1 Å². The van der Waals surface area contributed by atoms with Crippen molar-refractivity contribution in [2.75, 3.05) is 32.7 Å². The van der Waals surface area contributed by atoms with E-state index in [9.17, 15) is 0 Å². The normalized spacial score (nSPS) is 32.2. The molecule has 0 saturated carbocycles. The number of likely N-dealkylation sites (tertiary alicyclic amines) is 1.